The number of fused-ring (bicyclic) bond motifs is 2. The van der Waals surface area contributed by atoms with E-state index in [1.165, 1.54) is 0 Å². The van der Waals surface area contributed by atoms with E-state index >= 15 is 0 Å². The van der Waals surface area contributed by atoms with Gasteiger partial charge in [0.15, 0.2) is 12.4 Å². The maximum atomic E-state index is 13.1. The summed E-state index contributed by atoms with van der Waals surface area (Å²) in [5.74, 6) is -1.18. The van der Waals surface area contributed by atoms with E-state index in [-0.39, 0.29) is 36.1 Å². The third kappa shape index (κ3) is 4.02. The number of aryl methyl sites for hydroxylation is 2. The van der Waals surface area contributed by atoms with Gasteiger partial charge in [-0.15, -0.1) is 0 Å². The SMILES string of the molecule is Cc1ccc(NC(=O)COC(=O)[C@H]2[C@H]3CC[C@@H](C3)[C@@H]2C(=O)c2ccccc2)cc1C. The predicted octanol–water partition coefficient (Wildman–Crippen LogP) is 4.33. The summed E-state index contributed by atoms with van der Waals surface area (Å²) < 4.78 is 5.38. The topological polar surface area (TPSA) is 72.5 Å². The first-order chi connectivity index (χ1) is 14.4. The predicted molar refractivity (Wildman–Crippen MR) is 114 cm³/mol. The van der Waals surface area contributed by atoms with Gasteiger partial charge in [-0.05, 0) is 68.2 Å². The first-order valence-corrected chi connectivity index (χ1v) is 10.6. The van der Waals surface area contributed by atoms with Crippen LogP contribution in [0.15, 0.2) is 48.5 Å². The summed E-state index contributed by atoms with van der Waals surface area (Å²) in [6, 6.07) is 14.8. The summed E-state index contributed by atoms with van der Waals surface area (Å²) in [5, 5.41) is 2.77. The van der Waals surface area contributed by atoms with Crippen LogP contribution in [0.4, 0.5) is 5.69 Å². The zero-order valence-corrected chi connectivity index (χ0v) is 17.4. The van der Waals surface area contributed by atoms with Crippen molar-refractivity contribution < 1.29 is 19.1 Å². The summed E-state index contributed by atoms with van der Waals surface area (Å²) in [4.78, 5) is 38.3. The highest BCUT2D eigenvalue weighted by molar-refractivity contribution is 6.01. The largest absolute Gasteiger partial charge is 0.455 e. The van der Waals surface area contributed by atoms with Gasteiger partial charge in [-0.2, -0.15) is 0 Å². The van der Waals surface area contributed by atoms with Gasteiger partial charge in [-0.1, -0.05) is 36.4 Å². The van der Waals surface area contributed by atoms with Crippen LogP contribution in [0.1, 0.15) is 40.7 Å². The van der Waals surface area contributed by atoms with E-state index in [9.17, 15) is 14.4 Å². The van der Waals surface area contributed by atoms with Crippen LogP contribution in [-0.4, -0.2) is 24.3 Å². The highest BCUT2D eigenvalue weighted by atomic mass is 16.5. The lowest BCUT2D eigenvalue weighted by atomic mass is 9.75. The van der Waals surface area contributed by atoms with Gasteiger partial charge in [0.2, 0.25) is 0 Å². The molecule has 2 aromatic rings. The minimum absolute atomic E-state index is 0.0179. The van der Waals surface area contributed by atoms with Gasteiger partial charge in [0.25, 0.3) is 5.91 Å². The normalized spacial score (nSPS) is 24.5. The quantitative estimate of drug-likeness (QED) is 0.573. The minimum atomic E-state index is -0.453. The molecule has 2 saturated carbocycles. The van der Waals surface area contributed by atoms with Crippen LogP contribution in [0, 0.1) is 37.5 Å². The Morgan fingerprint density at radius 2 is 1.63 bits per heavy atom. The number of amides is 1. The van der Waals surface area contributed by atoms with Crippen LogP contribution in [0.3, 0.4) is 0 Å². The zero-order valence-electron chi connectivity index (χ0n) is 17.4. The van der Waals surface area contributed by atoms with E-state index < -0.39 is 11.9 Å². The molecular formula is C25H27NO4. The Bertz CT molecular complexity index is 968. The zero-order chi connectivity index (χ0) is 21.3. The van der Waals surface area contributed by atoms with Crippen molar-refractivity contribution in [3.63, 3.8) is 0 Å². The second-order valence-corrected chi connectivity index (χ2v) is 8.57. The van der Waals surface area contributed by atoms with Crippen molar-refractivity contribution in [2.24, 2.45) is 23.7 Å². The second kappa shape index (κ2) is 8.42. The van der Waals surface area contributed by atoms with Gasteiger partial charge in [0.05, 0.1) is 5.92 Å². The molecule has 0 aromatic heterocycles. The fraction of sp³-hybridized carbons (Fsp3) is 0.400. The Balaban J connectivity index is 1.39. The Hall–Kier alpha value is -2.95. The molecule has 0 radical (unpaired) electrons. The Morgan fingerprint density at radius 3 is 2.33 bits per heavy atom. The molecule has 5 heteroatoms. The summed E-state index contributed by atoms with van der Waals surface area (Å²) in [7, 11) is 0. The molecule has 0 aliphatic heterocycles. The highest BCUT2D eigenvalue weighted by Crippen LogP contribution is 2.53. The molecule has 4 atom stereocenters. The number of hydrogen-bond donors (Lipinski definition) is 1. The van der Waals surface area contributed by atoms with Crippen molar-refractivity contribution in [3.05, 3.63) is 65.2 Å². The van der Waals surface area contributed by atoms with Crippen molar-refractivity contribution in [1.82, 2.24) is 0 Å². The molecule has 5 nitrogen and oxygen atoms in total. The number of ether oxygens (including phenoxy) is 1. The molecule has 2 aliphatic rings. The second-order valence-electron chi connectivity index (χ2n) is 8.57. The highest BCUT2D eigenvalue weighted by Gasteiger charge is 2.54. The minimum Gasteiger partial charge on any atom is -0.455 e. The van der Waals surface area contributed by atoms with Gasteiger partial charge < -0.3 is 10.1 Å². The van der Waals surface area contributed by atoms with Crippen molar-refractivity contribution in [2.75, 3.05) is 11.9 Å². The molecule has 1 amide bonds. The molecule has 2 aliphatic carbocycles. The van der Waals surface area contributed by atoms with Crippen LogP contribution >= 0.6 is 0 Å². The monoisotopic (exact) mass is 405 g/mol. The molecule has 0 spiro atoms. The molecule has 4 rings (SSSR count). The lowest BCUT2D eigenvalue weighted by Gasteiger charge is -2.28. The van der Waals surface area contributed by atoms with E-state index in [1.54, 1.807) is 12.1 Å². The molecule has 2 fully saturated rings. The number of Topliss-reactive ketones (excluding diaryl/α,β-unsaturated/α-hetero) is 1. The maximum absolute atomic E-state index is 13.1. The molecule has 0 heterocycles. The third-order valence-corrected chi connectivity index (χ3v) is 6.69. The van der Waals surface area contributed by atoms with Crippen LogP contribution in [-0.2, 0) is 14.3 Å². The lowest BCUT2D eigenvalue weighted by molar-refractivity contribution is -0.154. The number of esters is 1. The Kier molecular flexibility index (Phi) is 5.71. The van der Waals surface area contributed by atoms with Crippen molar-refractivity contribution >= 4 is 23.3 Å². The van der Waals surface area contributed by atoms with Crippen molar-refractivity contribution in [1.29, 1.82) is 0 Å². The fourth-order valence-corrected chi connectivity index (χ4v) is 5.05. The Morgan fingerprint density at radius 1 is 0.933 bits per heavy atom. The number of nitrogens with one attached hydrogen (secondary N) is 1. The fourth-order valence-electron chi connectivity index (χ4n) is 5.05. The summed E-state index contributed by atoms with van der Waals surface area (Å²) >= 11 is 0. The summed E-state index contributed by atoms with van der Waals surface area (Å²) in [6.45, 7) is 3.64. The molecule has 2 aromatic carbocycles. The smallest absolute Gasteiger partial charge is 0.310 e. The van der Waals surface area contributed by atoms with Crippen molar-refractivity contribution in [2.45, 2.75) is 33.1 Å². The van der Waals surface area contributed by atoms with E-state index in [1.807, 2.05) is 50.2 Å². The average molecular weight is 405 g/mol. The van der Waals surface area contributed by atoms with Gasteiger partial charge in [-0.25, -0.2) is 0 Å². The average Bonchev–Trinajstić information content (AvgIpc) is 3.36. The number of anilines is 1. The standard InChI is InChI=1S/C25H27NO4/c1-15-8-11-20(12-16(15)2)26-21(27)14-30-25(29)23-19-10-9-18(13-19)22(23)24(28)17-6-4-3-5-7-17/h3-8,11-12,18-19,22-23H,9-10,13-14H2,1-2H3,(H,26,27)/t18-,19-,22-,23-/m0/s1. The first-order valence-electron chi connectivity index (χ1n) is 10.6. The van der Waals surface area contributed by atoms with Crippen molar-refractivity contribution in [3.8, 4) is 0 Å². The number of rotatable bonds is 6. The molecule has 0 saturated heterocycles. The van der Waals surface area contributed by atoms with Gasteiger partial charge >= 0.3 is 5.97 Å². The van der Waals surface area contributed by atoms with Gasteiger partial charge in [-0.3, -0.25) is 14.4 Å². The van der Waals surface area contributed by atoms with E-state index in [2.05, 4.69) is 5.32 Å². The maximum Gasteiger partial charge on any atom is 0.310 e. The Labute approximate surface area is 176 Å². The van der Waals surface area contributed by atoms with Crippen LogP contribution < -0.4 is 5.32 Å². The molecule has 0 unspecified atom stereocenters. The number of benzene rings is 2. The molecule has 156 valence electrons. The van der Waals surface area contributed by atoms with E-state index in [0.29, 0.717) is 11.3 Å². The number of hydrogen-bond acceptors (Lipinski definition) is 4. The lowest BCUT2D eigenvalue weighted by Crippen LogP contribution is -2.37. The van der Waals surface area contributed by atoms with E-state index in [4.69, 9.17) is 4.74 Å². The van der Waals surface area contributed by atoms with Crippen LogP contribution in [0.25, 0.3) is 0 Å². The molecule has 30 heavy (non-hydrogen) atoms. The van der Waals surface area contributed by atoms with Crippen LogP contribution in [0.2, 0.25) is 0 Å². The molecule has 2 bridgehead atoms. The van der Waals surface area contributed by atoms with E-state index in [0.717, 1.165) is 30.4 Å². The number of ketones is 1. The molecule has 1 N–H and O–H groups in total. The number of carbonyl (C=O) groups is 3. The molecular weight excluding hydrogens is 378 g/mol. The summed E-state index contributed by atoms with van der Waals surface area (Å²) in [6.07, 6.45) is 2.81. The van der Waals surface area contributed by atoms with Gasteiger partial charge in [0.1, 0.15) is 0 Å². The van der Waals surface area contributed by atoms with Gasteiger partial charge in [0, 0.05) is 17.2 Å². The van der Waals surface area contributed by atoms with Crippen LogP contribution in [0.5, 0.6) is 0 Å². The summed E-state index contributed by atoms with van der Waals surface area (Å²) in [5.41, 5.74) is 3.54. The number of carbonyl (C=O) groups excluding carboxylic acids is 3. The third-order valence-electron chi connectivity index (χ3n) is 6.69. The first kappa shape index (κ1) is 20.3.